The summed E-state index contributed by atoms with van der Waals surface area (Å²) in [7, 11) is 2.60. The quantitative estimate of drug-likeness (QED) is 0.487. The van der Waals surface area contributed by atoms with Gasteiger partial charge in [0.25, 0.3) is 0 Å². The lowest BCUT2D eigenvalue weighted by molar-refractivity contribution is -0.385. The Balaban J connectivity index is 2.60. The van der Waals surface area contributed by atoms with Crippen LogP contribution in [0.5, 0.6) is 5.75 Å². The van der Waals surface area contributed by atoms with E-state index in [1.165, 1.54) is 32.5 Å². The number of benzene rings is 1. The van der Waals surface area contributed by atoms with Crippen molar-refractivity contribution in [3.8, 4) is 16.9 Å². The number of aromatic nitrogens is 1. The highest BCUT2D eigenvalue weighted by Gasteiger charge is 2.19. The fourth-order valence-electron chi connectivity index (χ4n) is 1.90. The number of carbonyl (C=O) groups is 1. The van der Waals surface area contributed by atoms with Crippen molar-refractivity contribution in [2.24, 2.45) is 0 Å². The Morgan fingerprint density at radius 2 is 2.05 bits per heavy atom. The molecule has 2 rings (SSSR count). The Bertz CT molecular complexity index is 700. The van der Waals surface area contributed by atoms with Crippen molar-refractivity contribution in [1.82, 2.24) is 4.98 Å². The zero-order valence-electron chi connectivity index (χ0n) is 11.4. The van der Waals surface area contributed by atoms with E-state index in [9.17, 15) is 14.9 Å². The molecule has 0 aliphatic carbocycles. The molecule has 0 saturated carbocycles. The predicted molar refractivity (Wildman–Crippen MR) is 74.2 cm³/mol. The topological polar surface area (TPSA) is 91.6 Å². The summed E-state index contributed by atoms with van der Waals surface area (Å²) in [5.74, 6) is -0.462. The van der Waals surface area contributed by atoms with Gasteiger partial charge in [0.1, 0.15) is 0 Å². The third-order valence-electron chi connectivity index (χ3n) is 2.87. The number of nitro benzene ring substituents is 1. The molecule has 0 unspecified atom stereocenters. The van der Waals surface area contributed by atoms with Crippen LogP contribution in [0.1, 0.15) is 10.5 Å². The van der Waals surface area contributed by atoms with Crippen LogP contribution < -0.4 is 4.74 Å². The number of ether oxygens (including phenoxy) is 2. The van der Waals surface area contributed by atoms with Crippen LogP contribution in [-0.2, 0) is 4.74 Å². The van der Waals surface area contributed by atoms with Gasteiger partial charge in [-0.3, -0.25) is 10.1 Å². The molecule has 0 atom stereocenters. The van der Waals surface area contributed by atoms with E-state index in [0.717, 1.165) is 0 Å². The maximum atomic E-state index is 11.7. The molecule has 0 N–H and O–H groups in total. The molecule has 0 radical (unpaired) electrons. The minimum Gasteiger partial charge on any atom is -0.490 e. The molecule has 1 aromatic carbocycles. The van der Waals surface area contributed by atoms with Crippen LogP contribution in [0.15, 0.2) is 36.5 Å². The van der Waals surface area contributed by atoms with E-state index in [4.69, 9.17) is 4.74 Å². The summed E-state index contributed by atoms with van der Waals surface area (Å²) in [5.41, 5.74) is 0.847. The summed E-state index contributed by atoms with van der Waals surface area (Å²) >= 11 is 0. The van der Waals surface area contributed by atoms with Gasteiger partial charge in [-0.05, 0) is 17.7 Å². The smallest absolute Gasteiger partial charge is 0.357 e. The van der Waals surface area contributed by atoms with Crippen molar-refractivity contribution >= 4 is 11.7 Å². The molecule has 0 spiro atoms. The summed E-state index contributed by atoms with van der Waals surface area (Å²) < 4.78 is 9.61. The van der Waals surface area contributed by atoms with E-state index in [2.05, 4.69) is 9.72 Å². The number of rotatable bonds is 4. The van der Waals surface area contributed by atoms with Gasteiger partial charge >= 0.3 is 11.7 Å². The number of nitro groups is 1. The summed E-state index contributed by atoms with van der Waals surface area (Å²) in [6.07, 6.45) is 1.45. The van der Waals surface area contributed by atoms with Gasteiger partial charge in [0.05, 0.1) is 19.1 Å². The molecule has 7 nitrogen and oxygen atoms in total. The molecule has 108 valence electrons. The molecule has 1 heterocycles. The van der Waals surface area contributed by atoms with E-state index in [-0.39, 0.29) is 17.1 Å². The Morgan fingerprint density at radius 1 is 1.29 bits per heavy atom. The number of pyridine rings is 1. The maximum absolute atomic E-state index is 11.7. The number of carbonyl (C=O) groups excluding carboxylic acids is 1. The van der Waals surface area contributed by atoms with E-state index in [1.54, 1.807) is 18.2 Å². The molecule has 0 bridgehead atoms. The van der Waals surface area contributed by atoms with Crippen LogP contribution in [0.4, 0.5) is 5.69 Å². The predicted octanol–water partition coefficient (Wildman–Crippen LogP) is 2.45. The third-order valence-corrected chi connectivity index (χ3v) is 2.87. The molecule has 7 heteroatoms. The summed E-state index contributed by atoms with van der Waals surface area (Å²) in [6, 6.07) is 7.71. The highest BCUT2D eigenvalue weighted by molar-refractivity contribution is 5.95. The standard InChI is InChI=1S/C14H12N2O5/c1-20-12-6-5-9(8-11(12)16(18)19)10-4-3-7-15-13(10)14(17)21-2/h3-8H,1-2H3. The monoisotopic (exact) mass is 288 g/mol. The Hall–Kier alpha value is -2.96. The fraction of sp³-hybridized carbons (Fsp3) is 0.143. The molecule has 0 amide bonds. The van der Waals surface area contributed by atoms with Crippen molar-refractivity contribution in [2.75, 3.05) is 14.2 Å². The van der Waals surface area contributed by atoms with Crippen LogP contribution in [0.3, 0.4) is 0 Å². The molecule has 21 heavy (non-hydrogen) atoms. The van der Waals surface area contributed by atoms with Gasteiger partial charge in [-0.15, -0.1) is 0 Å². The minimum atomic E-state index is -0.607. The first kappa shape index (κ1) is 14.4. The van der Waals surface area contributed by atoms with E-state index in [0.29, 0.717) is 11.1 Å². The molecule has 0 aliphatic heterocycles. The molecule has 2 aromatic rings. The normalized spacial score (nSPS) is 10.0. The van der Waals surface area contributed by atoms with Gasteiger partial charge in [0.2, 0.25) is 0 Å². The van der Waals surface area contributed by atoms with Gasteiger partial charge in [-0.25, -0.2) is 9.78 Å². The van der Waals surface area contributed by atoms with Crippen LogP contribution in [-0.4, -0.2) is 30.1 Å². The van der Waals surface area contributed by atoms with Gasteiger partial charge in [0, 0.05) is 17.8 Å². The Kier molecular flexibility index (Phi) is 4.13. The number of hydrogen-bond donors (Lipinski definition) is 0. The lowest BCUT2D eigenvalue weighted by Crippen LogP contribution is -2.06. The van der Waals surface area contributed by atoms with Crippen LogP contribution >= 0.6 is 0 Å². The lowest BCUT2D eigenvalue weighted by Gasteiger charge is -2.08. The van der Waals surface area contributed by atoms with E-state index >= 15 is 0 Å². The maximum Gasteiger partial charge on any atom is 0.357 e. The van der Waals surface area contributed by atoms with Crippen LogP contribution in [0.25, 0.3) is 11.1 Å². The first-order valence-corrected chi connectivity index (χ1v) is 5.94. The van der Waals surface area contributed by atoms with E-state index < -0.39 is 10.9 Å². The summed E-state index contributed by atoms with van der Waals surface area (Å²) in [4.78, 5) is 26.2. The zero-order valence-corrected chi connectivity index (χ0v) is 11.4. The molecule has 0 saturated heterocycles. The Morgan fingerprint density at radius 3 is 2.67 bits per heavy atom. The molecular formula is C14H12N2O5. The average Bonchev–Trinajstić information content (AvgIpc) is 2.53. The van der Waals surface area contributed by atoms with Gasteiger partial charge in [-0.1, -0.05) is 12.1 Å². The average molecular weight is 288 g/mol. The number of methoxy groups -OCH3 is 2. The van der Waals surface area contributed by atoms with Crippen LogP contribution in [0.2, 0.25) is 0 Å². The lowest BCUT2D eigenvalue weighted by atomic mass is 10.0. The molecule has 0 fully saturated rings. The zero-order chi connectivity index (χ0) is 15.4. The first-order chi connectivity index (χ1) is 10.1. The van der Waals surface area contributed by atoms with Crippen molar-refractivity contribution in [3.63, 3.8) is 0 Å². The fourth-order valence-corrected chi connectivity index (χ4v) is 1.90. The second-order valence-electron chi connectivity index (χ2n) is 4.03. The second kappa shape index (κ2) is 6.00. The van der Waals surface area contributed by atoms with Crippen molar-refractivity contribution in [1.29, 1.82) is 0 Å². The van der Waals surface area contributed by atoms with E-state index in [1.807, 2.05) is 0 Å². The van der Waals surface area contributed by atoms with Crippen molar-refractivity contribution < 1.29 is 19.2 Å². The largest absolute Gasteiger partial charge is 0.490 e. The van der Waals surface area contributed by atoms with Gasteiger partial charge in [0.15, 0.2) is 11.4 Å². The van der Waals surface area contributed by atoms with Crippen molar-refractivity contribution in [2.45, 2.75) is 0 Å². The number of hydrogen-bond acceptors (Lipinski definition) is 6. The first-order valence-electron chi connectivity index (χ1n) is 5.94. The number of nitrogens with zero attached hydrogens (tertiary/aromatic N) is 2. The van der Waals surface area contributed by atoms with Gasteiger partial charge in [-0.2, -0.15) is 0 Å². The molecular weight excluding hydrogens is 276 g/mol. The molecule has 0 aliphatic rings. The van der Waals surface area contributed by atoms with Crippen molar-refractivity contribution in [3.05, 3.63) is 52.3 Å². The Labute approximate surface area is 120 Å². The third kappa shape index (κ3) is 2.81. The highest BCUT2D eigenvalue weighted by Crippen LogP contribution is 2.33. The minimum absolute atomic E-state index is 0.0967. The highest BCUT2D eigenvalue weighted by atomic mass is 16.6. The number of esters is 1. The molecule has 1 aromatic heterocycles. The van der Waals surface area contributed by atoms with Gasteiger partial charge < -0.3 is 9.47 Å². The summed E-state index contributed by atoms with van der Waals surface area (Å²) in [5, 5.41) is 11.1. The SMILES string of the molecule is COC(=O)c1ncccc1-c1ccc(OC)c([N+](=O)[O-])c1. The second-order valence-corrected chi connectivity index (χ2v) is 4.03. The summed E-state index contributed by atoms with van der Waals surface area (Å²) in [6.45, 7) is 0. The van der Waals surface area contributed by atoms with Crippen LogP contribution in [0, 0.1) is 10.1 Å².